The van der Waals surface area contributed by atoms with Crippen LogP contribution in [-0.4, -0.2) is 46.9 Å². The van der Waals surface area contributed by atoms with Crippen molar-refractivity contribution in [3.63, 3.8) is 0 Å². The lowest BCUT2D eigenvalue weighted by molar-refractivity contribution is -0.151. The molecule has 0 fully saturated rings. The van der Waals surface area contributed by atoms with E-state index in [-0.39, 0.29) is 24.9 Å². The molecule has 6 heteroatoms. The molecule has 3 atom stereocenters. The van der Waals surface area contributed by atoms with Gasteiger partial charge >= 0.3 is 5.97 Å². The molecule has 0 rings (SSSR count). The first kappa shape index (κ1) is 55.8. The fourth-order valence-corrected chi connectivity index (χ4v) is 7.38. The number of carbonyl (C=O) groups excluding carboxylic acids is 2. The van der Waals surface area contributed by atoms with Crippen LogP contribution in [0.25, 0.3) is 0 Å². The van der Waals surface area contributed by atoms with E-state index in [1.165, 1.54) is 109 Å². The van der Waals surface area contributed by atoms with Gasteiger partial charge in [0.25, 0.3) is 0 Å². The third kappa shape index (κ3) is 40.6. The normalized spacial score (nSPS) is 13.7. The summed E-state index contributed by atoms with van der Waals surface area (Å²) in [5.41, 5.74) is 0. The Balaban J connectivity index is 4.63. The lowest BCUT2D eigenvalue weighted by Crippen LogP contribution is -2.46. The third-order valence-corrected chi connectivity index (χ3v) is 11.1. The van der Waals surface area contributed by atoms with Crippen LogP contribution in [0.3, 0.4) is 0 Å². The Bertz CT molecular complexity index is 1000. The molecule has 3 N–H and O–H groups in total. The fraction of sp³-hybridized carbons (Fsp3) is 0.808. The molecule has 0 aromatic carbocycles. The van der Waals surface area contributed by atoms with Crippen LogP contribution in [0.1, 0.15) is 245 Å². The summed E-state index contributed by atoms with van der Waals surface area (Å²) in [6, 6.07) is -0.706. The van der Waals surface area contributed by atoms with E-state index >= 15 is 0 Å². The van der Waals surface area contributed by atoms with Crippen molar-refractivity contribution in [3.8, 4) is 0 Å². The quantitative estimate of drug-likeness (QED) is 0.0323. The lowest BCUT2D eigenvalue weighted by Gasteiger charge is -2.24. The SMILES string of the molecule is CC/C=C/C/C=C/CCCCCCCCCC(=O)OC(CCCCCCC/C=C\C/C=C\CCCCC)CC(=O)NC(CO)C(O)CCCCCCCCCCCC. The summed E-state index contributed by atoms with van der Waals surface area (Å²) in [6.07, 6.45) is 54.5. The zero-order valence-electron chi connectivity index (χ0n) is 38.4. The van der Waals surface area contributed by atoms with Crippen LogP contribution in [0.15, 0.2) is 48.6 Å². The first-order valence-electron chi connectivity index (χ1n) is 24.9. The van der Waals surface area contributed by atoms with E-state index in [4.69, 9.17) is 4.74 Å². The highest BCUT2D eigenvalue weighted by molar-refractivity contribution is 5.77. The summed E-state index contributed by atoms with van der Waals surface area (Å²) in [7, 11) is 0. The molecule has 0 saturated heterocycles. The minimum atomic E-state index is -0.791. The van der Waals surface area contributed by atoms with Gasteiger partial charge in [0.1, 0.15) is 6.10 Å². The first-order chi connectivity index (χ1) is 28.5. The summed E-state index contributed by atoms with van der Waals surface area (Å²) in [4.78, 5) is 26.1. The number of rotatable bonds is 44. The molecular weight excluding hydrogens is 719 g/mol. The van der Waals surface area contributed by atoms with Gasteiger partial charge in [-0.3, -0.25) is 9.59 Å². The second kappa shape index (κ2) is 45.9. The monoisotopic (exact) mass is 814 g/mol. The molecule has 3 unspecified atom stereocenters. The van der Waals surface area contributed by atoms with Crippen LogP contribution in [0.2, 0.25) is 0 Å². The van der Waals surface area contributed by atoms with Gasteiger partial charge < -0.3 is 20.3 Å². The van der Waals surface area contributed by atoms with E-state index in [9.17, 15) is 19.8 Å². The standard InChI is InChI=1S/C52H95NO5/c1-4-7-10-13-16-19-22-24-26-27-29-31-34-37-40-43-48(58-52(57)45-42-39-36-33-30-28-25-23-20-17-14-11-8-5-2)46-51(56)53-49(47-54)50(55)44-41-38-35-32-21-18-15-12-9-6-3/h8,11,16-17,19-20,24,26,48-50,54-55H,4-7,9-10,12-15,18,21-23,25,27-47H2,1-3H3,(H,53,56)/b11-8+,19-16-,20-17+,26-24-. The Kier molecular flexibility index (Phi) is 44.2. The molecule has 0 aliphatic heterocycles. The van der Waals surface area contributed by atoms with Crippen LogP contribution in [0.5, 0.6) is 0 Å². The predicted molar refractivity (Wildman–Crippen MR) is 250 cm³/mol. The minimum Gasteiger partial charge on any atom is -0.462 e. The van der Waals surface area contributed by atoms with Gasteiger partial charge in [0.15, 0.2) is 0 Å². The van der Waals surface area contributed by atoms with Crippen molar-refractivity contribution in [1.29, 1.82) is 0 Å². The van der Waals surface area contributed by atoms with Gasteiger partial charge in [-0.2, -0.15) is 0 Å². The second-order valence-electron chi connectivity index (χ2n) is 16.8. The van der Waals surface area contributed by atoms with Gasteiger partial charge in [-0.15, -0.1) is 0 Å². The number of unbranched alkanes of at least 4 members (excludes halogenated alkanes) is 24. The summed E-state index contributed by atoms with van der Waals surface area (Å²) >= 11 is 0. The lowest BCUT2D eigenvalue weighted by atomic mass is 10.0. The van der Waals surface area contributed by atoms with E-state index in [1.807, 2.05) is 0 Å². The number of esters is 1. The van der Waals surface area contributed by atoms with Crippen LogP contribution in [0.4, 0.5) is 0 Å². The van der Waals surface area contributed by atoms with E-state index in [0.717, 1.165) is 89.9 Å². The molecule has 0 bridgehead atoms. The molecule has 0 aromatic rings. The topological polar surface area (TPSA) is 95.9 Å². The van der Waals surface area contributed by atoms with Gasteiger partial charge in [0.2, 0.25) is 5.91 Å². The van der Waals surface area contributed by atoms with E-state index < -0.39 is 18.2 Å². The number of aliphatic hydroxyl groups is 2. The summed E-state index contributed by atoms with van der Waals surface area (Å²) < 4.78 is 5.92. The number of allylic oxidation sites excluding steroid dienone is 8. The number of hydrogen-bond acceptors (Lipinski definition) is 5. The molecule has 0 aliphatic carbocycles. The van der Waals surface area contributed by atoms with Crippen molar-refractivity contribution in [2.75, 3.05) is 6.61 Å². The molecule has 1 amide bonds. The zero-order valence-corrected chi connectivity index (χ0v) is 38.4. The van der Waals surface area contributed by atoms with Crippen molar-refractivity contribution in [2.45, 2.75) is 264 Å². The molecule has 58 heavy (non-hydrogen) atoms. The Labute approximate surface area is 359 Å². The van der Waals surface area contributed by atoms with Crippen LogP contribution < -0.4 is 5.32 Å². The van der Waals surface area contributed by atoms with Gasteiger partial charge in [-0.25, -0.2) is 0 Å². The number of amides is 1. The fourth-order valence-electron chi connectivity index (χ4n) is 7.38. The largest absolute Gasteiger partial charge is 0.462 e. The van der Waals surface area contributed by atoms with Gasteiger partial charge in [0.05, 0.1) is 25.2 Å². The number of carbonyl (C=O) groups is 2. The molecule has 0 heterocycles. The molecule has 0 aliphatic rings. The zero-order chi connectivity index (χ0) is 42.4. The van der Waals surface area contributed by atoms with E-state index in [2.05, 4.69) is 74.7 Å². The van der Waals surface area contributed by atoms with E-state index in [0.29, 0.717) is 19.3 Å². The number of hydrogen-bond donors (Lipinski definition) is 3. The van der Waals surface area contributed by atoms with Crippen LogP contribution in [-0.2, 0) is 14.3 Å². The maximum absolute atomic E-state index is 13.2. The summed E-state index contributed by atoms with van der Waals surface area (Å²) in [6.45, 7) is 6.34. The Morgan fingerprint density at radius 1 is 0.517 bits per heavy atom. The molecule has 338 valence electrons. The first-order valence-corrected chi connectivity index (χ1v) is 24.9. The van der Waals surface area contributed by atoms with Crippen molar-refractivity contribution in [3.05, 3.63) is 48.6 Å². The summed E-state index contributed by atoms with van der Waals surface area (Å²) in [5, 5.41) is 23.7. The highest BCUT2D eigenvalue weighted by atomic mass is 16.5. The molecule has 0 radical (unpaired) electrons. The predicted octanol–water partition coefficient (Wildman–Crippen LogP) is 14.7. The Morgan fingerprint density at radius 2 is 0.931 bits per heavy atom. The third-order valence-electron chi connectivity index (χ3n) is 11.1. The average molecular weight is 814 g/mol. The van der Waals surface area contributed by atoms with Crippen molar-refractivity contribution >= 4 is 11.9 Å². The highest BCUT2D eigenvalue weighted by Gasteiger charge is 2.24. The van der Waals surface area contributed by atoms with Crippen LogP contribution >= 0.6 is 0 Å². The van der Waals surface area contributed by atoms with Crippen molar-refractivity contribution in [1.82, 2.24) is 5.32 Å². The highest BCUT2D eigenvalue weighted by Crippen LogP contribution is 2.17. The van der Waals surface area contributed by atoms with Crippen molar-refractivity contribution in [2.24, 2.45) is 0 Å². The van der Waals surface area contributed by atoms with Gasteiger partial charge in [-0.05, 0) is 83.5 Å². The second-order valence-corrected chi connectivity index (χ2v) is 16.8. The summed E-state index contributed by atoms with van der Waals surface area (Å²) in [5.74, 6) is -0.494. The molecule has 0 aromatic heterocycles. The number of ether oxygens (including phenoxy) is 1. The molecular formula is C52H95NO5. The van der Waals surface area contributed by atoms with Gasteiger partial charge in [-0.1, -0.05) is 198 Å². The van der Waals surface area contributed by atoms with Crippen LogP contribution in [0, 0.1) is 0 Å². The van der Waals surface area contributed by atoms with Gasteiger partial charge in [0, 0.05) is 6.42 Å². The van der Waals surface area contributed by atoms with Crippen molar-refractivity contribution < 1.29 is 24.5 Å². The minimum absolute atomic E-state index is 0.0652. The number of nitrogens with one attached hydrogen (secondary N) is 1. The maximum Gasteiger partial charge on any atom is 0.306 e. The molecule has 0 saturated carbocycles. The maximum atomic E-state index is 13.2. The Hall–Kier alpha value is -2.18. The molecule has 6 nitrogen and oxygen atoms in total. The van der Waals surface area contributed by atoms with E-state index in [1.54, 1.807) is 0 Å². The molecule has 0 spiro atoms. The average Bonchev–Trinajstić information content (AvgIpc) is 3.22. The smallest absolute Gasteiger partial charge is 0.306 e. The number of aliphatic hydroxyl groups excluding tert-OH is 2. The Morgan fingerprint density at radius 3 is 1.43 bits per heavy atom.